The van der Waals surface area contributed by atoms with Gasteiger partial charge in [0.25, 0.3) is 5.91 Å². The minimum atomic E-state index is -0.0812. The number of thiophene rings is 1. The van der Waals surface area contributed by atoms with Crippen molar-refractivity contribution in [3.63, 3.8) is 0 Å². The first kappa shape index (κ1) is 14.2. The highest BCUT2D eigenvalue weighted by Gasteiger charge is 2.08. The lowest BCUT2D eigenvalue weighted by atomic mass is 10.2. The zero-order valence-electron chi connectivity index (χ0n) is 10.8. The van der Waals surface area contributed by atoms with E-state index in [1.807, 2.05) is 49.8 Å². The van der Waals surface area contributed by atoms with Gasteiger partial charge in [0.1, 0.15) is 0 Å². The van der Waals surface area contributed by atoms with Gasteiger partial charge in [-0.3, -0.25) is 4.79 Å². The van der Waals surface area contributed by atoms with E-state index >= 15 is 0 Å². The monoisotopic (exact) mass is 338 g/mol. The summed E-state index contributed by atoms with van der Waals surface area (Å²) < 4.78 is 0.957. The topological polar surface area (TPSA) is 32.3 Å². The van der Waals surface area contributed by atoms with Crippen molar-refractivity contribution < 1.29 is 4.79 Å². The Labute approximate surface area is 125 Å². The lowest BCUT2D eigenvalue weighted by molar-refractivity contribution is 0.102. The first-order chi connectivity index (χ1) is 9.04. The molecule has 2 rings (SSSR count). The minimum Gasteiger partial charge on any atom is -0.322 e. The van der Waals surface area contributed by atoms with E-state index in [9.17, 15) is 4.79 Å². The highest BCUT2D eigenvalue weighted by Crippen LogP contribution is 2.21. The van der Waals surface area contributed by atoms with Crippen molar-refractivity contribution in [2.75, 3.05) is 19.4 Å². The van der Waals surface area contributed by atoms with Gasteiger partial charge < -0.3 is 10.2 Å². The van der Waals surface area contributed by atoms with E-state index < -0.39 is 0 Å². The van der Waals surface area contributed by atoms with Crippen molar-refractivity contribution in [1.29, 1.82) is 0 Å². The Bertz CT molecular complexity index is 563. The summed E-state index contributed by atoms with van der Waals surface area (Å²) in [5.74, 6) is -0.0812. The fourth-order valence-electron chi connectivity index (χ4n) is 1.69. The van der Waals surface area contributed by atoms with E-state index in [0.717, 1.165) is 16.0 Å². The number of amides is 1. The summed E-state index contributed by atoms with van der Waals surface area (Å²) in [5.41, 5.74) is 2.71. The van der Waals surface area contributed by atoms with E-state index in [4.69, 9.17) is 0 Å². The van der Waals surface area contributed by atoms with Crippen LogP contribution in [0.15, 0.2) is 39.5 Å². The molecule has 0 saturated heterocycles. The number of carbonyl (C=O) groups excluding carboxylic acids is 1. The van der Waals surface area contributed by atoms with Crippen molar-refractivity contribution in [3.05, 3.63) is 50.6 Å². The van der Waals surface area contributed by atoms with E-state index in [-0.39, 0.29) is 5.91 Å². The molecule has 1 amide bonds. The smallest absolute Gasteiger partial charge is 0.256 e. The fourth-order valence-corrected chi connectivity index (χ4v) is 2.83. The molecule has 0 fully saturated rings. The van der Waals surface area contributed by atoms with E-state index in [1.165, 1.54) is 16.9 Å². The molecule has 3 nitrogen and oxygen atoms in total. The molecule has 0 aliphatic rings. The van der Waals surface area contributed by atoms with Gasteiger partial charge in [0.2, 0.25) is 0 Å². The number of hydrogen-bond donors (Lipinski definition) is 1. The van der Waals surface area contributed by atoms with Gasteiger partial charge in [0.15, 0.2) is 0 Å². The molecule has 1 aromatic carbocycles. The molecule has 0 aliphatic carbocycles. The molecule has 1 heterocycles. The average Bonchev–Trinajstić information content (AvgIpc) is 2.78. The number of anilines is 1. The van der Waals surface area contributed by atoms with Crippen molar-refractivity contribution in [2.45, 2.75) is 6.54 Å². The zero-order valence-corrected chi connectivity index (χ0v) is 13.2. The summed E-state index contributed by atoms with van der Waals surface area (Å²) in [5, 5.41) is 4.72. The summed E-state index contributed by atoms with van der Waals surface area (Å²) >= 11 is 4.86. The number of benzene rings is 1. The highest BCUT2D eigenvalue weighted by atomic mass is 79.9. The standard InChI is InChI=1S/C14H15BrN2OS/c1-17(2)8-10-3-5-12(6-4-10)16-14(18)11-7-13(15)19-9-11/h3-7,9H,8H2,1-2H3,(H,16,18). The third kappa shape index (κ3) is 4.16. The number of nitrogens with one attached hydrogen (secondary N) is 1. The Morgan fingerprint density at radius 3 is 2.53 bits per heavy atom. The van der Waals surface area contributed by atoms with Crippen LogP contribution < -0.4 is 5.32 Å². The van der Waals surface area contributed by atoms with Gasteiger partial charge in [0, 0.05) is 17.6 Å². The van der Waals surface area contributed by atoms with Gasteiger partial charge in [-0.2, -0.15) is 0 Å². The van der Waals surface area contributed by atoms with Crippen LogP contribution >= 0.6 is 27.3 Å². The Hall–Kier alpha value is -1.17. The van der Waals surface area contributed by atoms with Gasteiger partial charge in [-0.05, 0) is 53.8 Å². The molecule has 0 saturated carbocycles. The maximum absolute atomic E-state index is 12.0. The molecule has 1 N–H and O–H groups in total. The molecule has 5 heteroatoms. The van der Waals surface area contributed by atoms with Gasteiger partial charge in [-0.25, -0.2) is 0 Å². The molecular weight excluding hydrogens is 324 g/mol. The van der Waals surface area contributed by atoms with Crippen LogP contribution in [0.1, 0.15) is 15.9 Å². The van der Waals surface area contributed by atoms with Crippen LogP contribution in [0.25, 0.3) is 0 Å². The van der Waals surface area contributed by atoms with Crippen LogP contribution in [0.2, 0.25) is 0 Å². The van der Waals surface area contributed by atoms with Crippen LogP contribution in [-0.2, 0) is 6.54 Å². The molecule has 0 unspecified atom stereocenters. The molecule has 100 valence electrons. The van der Waals surface area contributed by atoms with Crippen LogP contribution in [0.3, 0.4) is 0 Å². The number of nitrogens with zero attached hydrogens (tertiary/aromatic N) is 1. The maximum Gasteiger partial charge on any atom is 0.256 e. The number of hydrogen-bond acceptors (Lipinski definition) is 3. The molecule has 0 spiro atoms. The van der Waals surface area contributed by atoms with Crippen LogP contribution in [-0.4, -0.2) is 24.9 Å². The molecule has 19 heavy (non-hydrogen) atoms. The number of rotatable bonds is 4. The molecule has 0 bridgehead atoms. The highest BCUT2D eigenvalue weighted by molar-refractivity contribution is 9.11. The van der Waals surface area contributed by atoms with E-state index in [0.29, 0.717) is 5.56 Å². The van der Waals surface area contributed by atoms with Crippen LogP contribution in [0, 0.1) is 0 Å². The SMILES string of the molecule is CN(C)Cc1ccc(NC(=O)c2csc(Br)c2)cc1. The predicted molar refractivity (Wildman–Crippen MR) is 83.8 cm³/mol. The summed E-state index contributed by atoms with van der Waals surface area (Å²) in [4.78, 5) is 14.1. The Balaban J connectivity index is 2.01. The first-order valence-corrected chi connectivity index (χ1v) is 7.51. The molecule has 0 radical (unpaired) electrons. The lowest BCUT2D eigenvalue weighted by Gasteiger charge is -2.10. The van der Waals surface area contributed by atoms with Crippen molar-refractivity contribution in [3.8, 4) is 0 Å². The second-order valence-electron chi connectivity index (χ2n) is 4.53. The Kier molecular flexibility index (Phi) is 4.74. The number of halogens is 1. The Morgan fingerprint density at radius 1 is 1.32 bits per heavy atom. The van der Waals surface area contributed by atoms with Crippen LogP contribution in [0.4, 0.5) is 5.69 Å². The molecular formula is C14H15BrN2OS. The van der Waals surface area contributed by atoms with Gasteiger partial charge in [-0.15, -0.1) is 11.3 Å². The lowest BCUT2D eigenvalue weighted by Crippen LogP contribution is -2.12. The maximum atomic E-state index is 12.0. The minimum absolute atomic E-state index is 0.0812. The fraction of sp³-hybridized carbons (Fsp3) is 0.214. The molecule has 2 aromatic rings. The van der Waals surface area contributed by atoms with Crippen molar-refractivity contribution >= 4 is 38.9 Å². The summed E-state index contributed by atoms with van der Waals surface area (Å²) in [7, 11) is 4.06. The third-order valence-electron chi connectivity index (χ3n) is 2.54. The summed E-state index contributed by atoms with van der Waals surface area (Å²) in [6.45, 7) is 0.895. The van der Waals surface area contributed by atoms with Gasteiger partial charge in [-0.1, -0.05) is 12.1 Å². The van der Waals surface area contributed by atoms with Gasteiger partial charge in [0.05, 0.1) is 9.35 Å². The molecule has 0 aliphatic heterocycles. The van der Waals surface area contributed by atoms with Crippen molar-refractivity contribution in [2.24, 2.45) is 0 Å². The second kappa shape index (κ2) is 6.32. The summed E-state index contributed by atoms with van der Waals surface area (Å²) in [6.07, 6.45) is 0. The second-order valence-corrected chi connectivity index (χ2v) is 6.82. The van der Waals surface area contributed by atoms with Crippen LogP contribution in [0.5, 0.6) is 0 Å². The first-order valence-electron chi connectivity index (χ1n) is 5.83. The summed E-state index contributed by atoms with van der Waals surface area (Å²) in [6, 6.07) is 9.73. The quantitative estimate of drug-likeness (QED) is 0.918. The van der Waals surface area contributed by atoms with E-state index in [1.54, 1.807) is 0 Å². The normalized spacial score (nSPS) is 10.7. The molecule has 1 aromatic heterocycles. The third-order valence-corrected chi connectivity index (χ3v) is 4.04. The average molecular weight is 339 g/mol. The number of carbonyl (C=O) groups is 1. The Morgan fingerprint density at radius 2 is 2.00 bits per heavy atom. The predicted octanol–water partition coefficient (Wildman–Crippen LogP) is 3.82. The van der Waals surface area contributed by atoms with Gasteiger partial charge >= 0.3 is 0 Å². The zero-order chi connectivity index (χ0) is 13.8. The van der Waals surface area contributed by atoms with Crippen molar-refractivity contribution in [1.82, 2.24) is 4.90 Å². The van der Waals surface area contributed by atoms with E-state index in [2.05, 4.69) is 26.1 Å². The molecule has 0 atom stereocenters. The largest absolute Gasteiger partial charge is 0.322 e.